The van der Waals surface area contributed by atoms with E-state index in [-0.39, 0.29) is 17.8 Å². The van der Waals surface area contributed by atoms with Crippen molar-refractivity contribution in [3.8, 4) is 0 Å². The number of rotatable bonds is 5. The fourth-order valence-electron chi connectivity index (χ4n) is 2.50. The van der Waals surface area contributed by atoms with E-state index in [1.807, 2.05) is 6.92 Å². The zero-order chi connectivity index (χ0) is 13.5. The Bertz CT molecular complexity index is 294. The van der Waals surface area contributed by atoms with Crippen LogP contribution in [0, 0.1) is 5.92 Å². The predicted molar refractivity (Wildman–Crippen MR) is 68.8 cm³/mol. The van der Waals surface area contributed by atoms with Crippen LogP contribution in [0.4, 0.5) is 0 Å². The third-order valence-corrected chi connectivity index (χ3v) is 3.53. The Morgan fingerprint density at radius 1 is 1.44 bits per heavy atom. The van der Waals surface area contributed by atoms with Gasteiger partial charge in [0.05, 0.1) is 13.0 Å². The summed E-state index contributed by atoms with van der Waals surface area (Å²) in [7, 11) is 1.37. The standard InChI is InChI=1S/C13H24N2O3/c1-3-6-10(9-14)12(16)15-8-5-4-7-11(15)13(17)18-2/h10-11H,3-9,14H2,1-2H3. The van der Waals surface area contributed by atoms with E-state index in [4.69, 9.17) is 10.5 Å². The Kier molecular flexibility index (Phi) is 6.12. The zero-order valence-corrected chi connectivity index (χ0v) is 11.4. The van der Waals surface area contributed by atoms with Crippen LogP contribution in [-0.2, 0) is 14.3 Å². The topological polar surface area (TPSA) is 72.6 Å². The fourth-order valence-corrected chi connectivity index (χ4v) is 2.50. The molecule has 0 spiro atoms. The quantitative estimate of drug-likeness (QED) is 0.742. The summed E-state index contributed by atoms with van der Waals surface area (Å²) in [5.74, 6) is -0.468. The van der Waals surface area contributed by atoms with Crippen molar-refractivity contribution in [1.29, 1.82) is 0 Å². The van der Waals surface area contributed by atoms with Crippen molar-refractivity contribution in [3.63, 3.8) is 0 Å². The van der Waals surface area contributed by atoms with E-state index < -0.39 is 6.04 Å². The lowest BCUT2D eigenvalue weighted by Gasteiger charge is -2.35. The lowest BCUT2D eigenvalue weighted by Crippen LogP contribution is -2.51. The van der Waals surface area contributed by atoms with E-state index in [1.54, 1.807) is 4.90 Å². The molecule has 0 saturated carbocycles. The normalized spacial score (nSPS) is 21.5. The number of likely N-dealkylation sites (tertiary alicyclic amines) is 1. The summed E-state index contributed by atoms with van der Waals surface area (Å²) in [6.45, 7) is 3.01. The predicted octanol–water partition coefficient (Wildman–Crippen LogP) is 0.915. The van der Waals surface area contributed by atoms with Gasteiger partial charge in [-0.2, -0.15) is 0 Å². The molecule has 1 fully saturated rings. The highest BCUT2D eigenvalue weighted by molar-refractivity contribution is 5.86. The average molecular weight is 256 g/mol. The van der Waals surface area contributed by atoms with Gasteiger partial charge in [0.2, 0.25) is 5.91 Å². The largest absolute Gasteiger partial charge is 0.467 e. The van der Waals surface area contributed by atoms with Gasteiger partial charge in [0.1, 0.15) is 6.04 Å². The first-order valence-corrected chi connectivity index (χ1v) is 6.74. The number of methoxy groups -OCH3 is 1. The van der Waals surface area contributed by atoms with Gasteiger partial charge in [-0.05, 0) is 25.7 Å². The number of piperidine rings is 1. The summed E-state index contributed by atoms with van der Waals surface area (Å²) in [4.78, 5) is 25.8. The Labute approximate surface area is 109 Å². The molecule has 0 aromatic carbocycles. The fraction of sp³-hybridized carbons (Fsp3) is 0.846. The lowest BCUT2D eigenvalue weighted by molar-refractivity contribution is -0.156. The molecule has 0 aromatic heterocycles. The maximum atomic E-state index is 12.4. The second-order valence-corrected chi connectivity index (χ2v) is 4.79. The van der Waals surface area contributed by atoms with Crippen molar-refractivity contribution < 1.29 is 14.3 Å². The Morgan fingerprint density at radius 3 is 2.72 bits per heavy atom. The second kappa shape index (κ2) is 7.36. The molecular formula is C13H24N2O3. The van der Waals surface area contributed by atoms with Crippen molar-refractivity contribution in [2.24, 2.45) is 11.7 Å². The van der Waals surface area contributed by atoms with Crippen molar-refractivity contribution in [2.75, 3.05) is 20.2 Å². The van der Waals surface area contributed by atoms with Crippen molar-refractivity contribution in [3.05, 3.63) is 0 Å². The number of carbonyl (C=O) groups excluding carboxylic acids is 2. The summed E-state index contributed by atoms with van der Waals surface area (Å²) in [5, 5.41) is 0. The van der Waals surface area contributed by atoms with Gasteiger partial charge in [0.25, 0.3) is 0 Å². The van der Waals surface area contributed by atoms with E-state index in [9.17, 15) is 9.59 Å². The van der Waals surface area contributed by atoms with Crippen LogP contribution in [0.5, 0.6) is 0 Å². The number of ether oxygens (including phenoxy) is 1. The monoisotopic (exact) mass is 256 g/mol. The van der Waals surface area contributed by atoms with Crippen LogP contribution >= 0.6 is 0 Å². The Morgan fingerprint density at radius 2 is 2.17 bits per heavy atom. The summed E-state index contributed by atoms with van der Waals surface area (Å²) in [6, 6.07) is -0.415. The van der Waals surface area contributed by atoms with Gasteiger partial charge in [-0.3, -0.25) is 4.79 Å². The van der Waals surface area contributed by atoms with Crippen LogP contribution in [0.25, 0.3) is 0 Å². The average Bonchev–Trinajstić information content (AvgIpc) is 2.43. The number of carbonyl (C=O) groups is 2. The van der Waals surface area contributed by atoms with Gasteiger partial charge >= 0.3 is 5.97 Å². The Hall–Kier alpha value is -1.10. The summed E-state index contributed by atoms with van der Waals surface area (Å²) >= 11 is 0. The molecule has 2 N–H and O–H groups in total. The number of hydrogen-bond acceptors (Lipinski definition) is 4. The molecule has 0 radical (unpaired) electrons. The molecule has 1 saturated heterocycles. The minimum absolute atomic E-state index is 0.00875. The first-order valence-electron chi connectivity index (χ1n) is 6.74. The summed E-state index contributed by atoms with van der Waals surface area (Å²) in [6.07, 6.45) is 4.30. The molecule has 2 unspecified atom stereocenters. The first kappa shape index (κ1) is 15.0. The zero-order valence-electron chi connectivity index (χ0n) is 11.4. The highest BCUT2D eigenvalue weighted by Crippen LogP contribution is 2.21. The van der Waals surface area contributed by atoms with Crippen molar-refractivity contribution in [2.45, 2.75) is 45.1 Å². The van der Waals surface area contributed by atoms with Crippen LogP contribution in [0.15, 0.2) is 0 Å². The van der Waals surface area contributed by atoms with Crippen LogP contribution < -0.4 is 5.73 Å². The minimum Gasteiger partial charge on any atom is -0.467 e. The smallest absolute Gasteiger partial charge is 0.328 e. The summed E-state index contributed by atoms with van der Waals surface area (Å²) < 4.78 is 4.78. The molecular weight excluding hydrogens is 232 g/mol. The number of nitrogens with two attached hydrogens (primary N) is 1. The number of esters is 1. The highest BCUT2D eigenvalue weighted by Gasteiger charge is 2.35. The molecule has 5 heteroatoms. The van der Waals surface area contributed by atoms with E-state index >= 15 is 0 Å². The maximum absolute atomic E-state index is 12.4. The van der Waals surface area contributed by atoms with E-state index in [1.165, 1.54) is 7.11 Å². The van der Waals surface area contributed by atoms with Gasteiger partial charge in [0, 0.05) is 13.1 Å². The van der Waals surface area contributed by atoms with Gasteiger partial charge in [0.15, 0.2) is 0 Å². The van der Waals surface area contributed by atoms with Crippen LogP contribution in [-0.4, -0.2) is 43.0 Å². The molecule has 0 aliphatic carbocycles. The minimum atomic E-state index is -0.415. The molecule has 0 bridgehead atoms. The molecule has 5 nitrogen and oxygen atoms in total. The van der Waals surface area contributed by atoms with E-state index in [2.05, 4.69) is 0 Å². The molecule has 1 rings (SSSR count). The van der Waals surface area contributed by atoms with Crippen molar-refractivity contribution in [1.82, 2.24) is 4.90 Å². The first-order chi connectivity index (χ1) is 8.65. The number of hydrogen-bond donors (Lipinski definition) is 1. The van der Waals surface area contributed by atoms with Gasteiger partial charge in [-0.25, -0.2) is 4.79 Å². The molecule has 18 heavy (non-hydrogen) atoms. The maximum Gasteiger partial charge on any atom is 0.328 e. The summed E-state index contributed by atoms with van der Waals surface area (Å²) in [5.41, 5.74) is 5.66. The van der Waals surface area contributed by atoms with Gasteiger partial charge in [-0.1, -0.05) is 13.3 Å². The molecule has 1 heterocycles. The van der Waals surface area contributed by atoms with E-state index in [0.29, 0.717) is 19.5 Å². The van der Waals surface area contributed by atoms with Crippen LogP contribution in [0.1, 0.15) is 39.0 Å². The second-order valence-electron chi connectivity index (χ2n) is 4.79. The van der Waals surface area contributed by atoms with Crippen LogP contribution in [0.2, 0.25) is 0 Å². The highest BCUT2D eigenvalue weighted by atomic mass is 16.5. The molecule has 2 atom stereocenters. The van der Waals surface area contributed by atoms with Gasteiger partial charge < -0.3 is 15.4 Å². The van der Waals surface area contributed by atoms with Gasteiger partial charge in [-0.15, -0.1) is 0 Å². The third-order valence-electron chi connectivity index (χ3n) is 3.53. The lowest BCUT2D eigenvalue weighted by atomic mass is 9.96. The number of amides is 1. The molecule has 1 aliphatic rings. The molecule has 104 valence electrons. The van der Waals surface area contributed by atoms with E-state index in [0.717, 1.165) is 25.7 Å². The van der Waals surface area contributed by atoms with Crippen LogP contribution in [0.3, 0.4) is 0 Å². The Balaban J connectivity index is 2.75. The van der Waals surface area contributed by atoms with Crippen molar-refractivity contribution >= 4 is 11.9 Å². The SMILES string of the molecule is CCCC(CN)C(=O)N1CCCCC1C(=O)OC. The molecule has 1 aliphatic heterocycles. The molecule has 0 aromatic rings. The molecule has 1 amide bonds. The third kappa shape index (κ3) is 3.45. The number of nitrogens with zero attached hydrogens (tertiary/aromatic N) is 1.